The number of carbonyl (C=O) groups excluding carboxylic acids is 1. The van der Waals surface area contributed by atoms with Crippen molar-refractivity contribution >= 4 is 17.8 Å². The number of amides is 2. The van der Waals surface area contributed by atoms with Crippen LogP contribution in [0, 0.1) is 5.41 Å². The lowest BCUT2D eigenvalue weighted by Crippen LogP contribution is -2.40. The molecule has 3 N–H and O–H groups in total. The lowest BCUT2D eigenvalue weighted by molar-refractivity contribution is 0.203. The second-order valence-corrected chi connectivity index (χ2v) is 5.28. The van der Waals surface area contributed by atoms with Gasteiger partial charge < -0.3 is 15.7 Å². The van der Waals surface area contributed by atoms with E-state index in [1.54, 1.807) is 11.8 Å². The van der Waals surface area contributed by atoms with E-state index >= 15 is 0 Å². The minimum absolute atomic E-state index is 0.0189. The van der Waals surface area contributed by atoms with Crippen LogP contribution in [0.3, 0.4) is 0 Å². The molecule has 0 atom stereocenters. The summed E-state index contributed by atoms with van der Waals surface area (Å²) in [5.41, 5.74) is -0.0189. The third-order valence-corrected chi connectivity index (χ3v) is 3.65. The molecule has 1 aliphatic rings. The molecule has 0 aromatic carbocycles. The second-order valence-electron chi connectivity index (χ2n) is 4.13. The van der Waals surface area contributed by atoms with Gasteiger partial charge in [-0.15, -0.1) is 6.58 Å². The molecular formula is C11H20N2O2S. The van der Waals surface area contributed by atoms with Crippen molar-refractivity contribution in [1.82, 2.24) is 10.6 Å². The van der Waals surface area contributed by atoms with Crippen molar-refractivity contribution in [3.8, 4) is 0 Å². The Morgan fingerprint density at radius 1 is 1.50 bits per heavy atom. The van der Waals surface area contributed by atoms with Gasteiger partial charge in [0.25, 0.3) is 0 Å². The van der Waals surface area contributed by atoms with Gasteiger partial charge in [-0.2, -0.15) is 11.8 Å². The molecule has 0 bridgehead atoms. The summed E-state index contributed by atoms with van der Waals surface area (Å²) in [5.74, 6) is 1.81. The summed E-state index contributed by atoms with van der Waals surface area (Å²) in [6.07, 6.45) is 3.88. The predicted octanol–water partition coefficient (Wildman–Crippen LogP) is 0.977. The van der Waals surface area contributed by atoms with E-state index in [2.05, 4.69) is 17.2 Å². The third-order valence-electron chi connectivity index (χ3n) is 2.68. The molecule has 0 aliphatic heterocycles. The zero-order chi connectivity index (χ0) is 11.9. The van der Waals surface area contributed by atoms with Crippen molar-refractivity contribution in [3.63, 3.8) is 0 Å². The minimum Gasteiger partial charge on any atom is -0.396 e. The Morgan fingerprint density at radius 2 is 2.25 bits per heavy atom. The first-order valence-corrected chi connectivity index (χ1v) is 6.69. The van der Waals surface area contributed by atoms with Crippen LogP contribution in [0.2, 0.25) is 0 Å². The van der Waals surface area contributed by atoms with E-state index in [0.717, 1.165) is 24.3 Å². The molecule has 1 rings (SSSR count). The van der Waals surface area contributed by atoms with Crippen molar-refractivity contribution in [2.24, 2.45) is 5.41 Å². The highest BCUT2D eigenvalue weighted by atomic mass is 32.2. The van der Waals surface area contributed by atoms with E-state index in [-0.39, 0.29) is 18.1 Å². The normalized spacial score (nSPS) is 16.6. The van der Waals surface area contributed by atoms with E-state index in [1.165, 1.54) is 0 Å². The van der Waals surface area contributed by atoms with Crippen LogP contribution in [0.1, 0.15) is 12.8 Å². The highest BCUT2D eigenvalue weighted by molar-refractivity contribution is 7.99. The van der Waals surface area contributed by atoms with Gasteiger partial charge in [0.05, 0.1) is 6.61 Å². The number of hydrogen-bond donors (Lipinski definition) is 3. The summed E-state index contributed by atoms with van der Waals surface area (Å²) in [7, 11) is 0. The molecule has 5 heteroatoms. The number of thioether (sulfide) groups is 1. The van der Waals surface area contributed by atoms with Crippen molar-refractivity contribution in [3.05, 3.63) is 12.7 Å². The third kappa shape index (κ3) is 4.90. The monoisotopic (exact) mass is 244 g/mol. The highest BCUT2D eigenvalue weighted by Gasteiger charge is 2.41. The number of hydrogen-bond acceptors (Lipinski definition) is 3. The first kappa shape index (κ1) is 13.4. The summed E-state index contributed by atoms with van der Waals surface area (Å²) >= 11 is 1.74. The molecule has 4 nitrogen and oxygen atoms in total. The van der Waals surface area contributed by atoms with Crippen LogP contribution in [0.15, 0.2) is 12.7 Å². The maximum Gasteiger partial charge on any atom is 0.314 e. The van der Waals surface area contributed by atoms with Crippen LogP contribution < -0.4 is 10.6 Å². The zero-order valence-corrected chi connectivity index (χ0v) is 10.3. The van der Waals surface area contributed by atoms with Crippen molar-refractivity contribution in [1.29, 1.82) is 0 Å². The van der Waals surface area contributed by atoms with Gasteiger partial charge in [-0.25, -0.2) is 4.79 Å². The molecular weight excluding hydrogens is 224 g/mol. The Morgan fingerprint density at radius 3 is 2.81 bits per heavy atom. The number of aliphatic hydroxyl groups is 1. The summed E-state index contributed by atoms with van der Waals surface area (Å²) < 4.78 is 0. The summed E-state index contributed by atoms with van der Waals surface area (Å²) in [4.78, 5) is 11.3. The first-order valence-electron chi connectivity index (χ1n) is 5.54. The number of urea groups is 1. The smallest absolute Gasteiger partial charge is 0.314 e. The highest BCUT2D eigenvalue weighted by Crippen LogP contribution is 2.44. The average Bonchev–Trinajstić information content (AvgIpc) is 3.07. The molecule has 1 fully saturated rings. The fourth-order valence-corrected chi connectivity index (χ4v) is 1.88. The van der Waals surface area contributed by atoms with E-state index in [4.69, 9.17) is 5.11 Å². The summed E-state index contributed by atoms with van der Waals surface area (Å²) in [6.45, 7) is 5.03. The largest absolute Gasteiger partial charge is 0.396 e. The Labute approximate surface area is 101 Å². The van der Waals surface area contributed by atoms with E-state index in [1.807, 2.05) is 6.08 Å². The standard InChI is InChI=1S/C11H20N2O2S/c1-2-6-16-7-5-12-10(15)13-8-11(9-14)3-4-11/h2,14H,1,3-9H2,(H2,12,13,15). The van der Waals surface area contributed by atoms with Gasteiger partial charge in [0.2, 0.25) is 0 Å². The molecule has 0 unspecified atom stereocenters. The quantitative estimate of drug-likeness (QED) is 0.440. The fraction of sp³-hybridized carbons (Fsp3) is 0.727. The fourth-order valence-electron chi connectivity index (χ4n) is 1.30. The number of aliphatic hydroxyl groups excluding tert-OH is 1. The summed E-state index contributed by atoms with van der Waals surface area (Å²) in [5, 5.41) is 14.6. The van der Waals surface area contributed by atoms with Crippen LogP contribution in [-0.4, -0.2) is 42.3 Å². The van der Waals surface area contributed by atoms with Crippen molar-refractivity contribution < 1.29 is 9.90 Å². The Kier molecular flexibility index (Phi) is 5.69. The maximum atomic E-state index is 11.3. The van der Waals surface area contributed by atoms with Crippen molar-refractivity contribution in [2.75, 3.05) is 31.2 Å². The van der Waals surface area contributed by atoms with Gasteiger partial charge in [0.15, 0.2) is 0 Å². The van der Waals surface area contributed by atoms with E-state index in [0.29, 0.717) is 13.1 Å². The molecule has 92 valence electrons. The predicted molar refractivity (Wildman–Crippen MR) is 67.7 cm³/mol. The van der Waals surface area contributed by atoms with Crippen LogP contribution >= 0.6 is 11.8 Å². The Bertz CT molecular complexity index is 242. The molecule has 1 saturated carbocycles. The SMILES string of the molecule is C=CCSCCNC(=O)NCC1(CO)CC1. The zero-order valence-electron chi connectivity index (χ0n) is 9.50. The lowest BCUT2D eigenvalue weighted by atomic mass is 10.1. The molecule has 0 radical (unpaired) electrons. The van der Waals surface area contributed by atoms with Crippen LogP contribution in [0.25, 0.3) is 0 Å². The van der Waals surface area contributed by atoms with Gasteiger partial charge >= 0.3 is 6.03 Å². The van der Waals surface area contributed by atoms with Gasteiger partial charge in [0, 0.05) is 30.0 Å². The molecule has 16 heavy (non-hydrogen) atoms. The molecule has 0 aromatic heterocycles. The molecule has 1 aliphatic carbocycles. The molecule has 2 amide bonds. The van der Waals surface area contributed by atoms with Gasteiger partial charge in [0.1, 0.15) is 0 Å². The number of carbonyl (C=O) groups is 1. The Hall–Kier alpha value is -0.680. The van der Waals surface area contributed by atoms with E-state index in [9.17, 15) is 4.79 Å². The number of nitrogens with one attached hydrogen (secondary N) is 2. The molecule has 0 saturated heterocycles. The van der Waals surface area contributed by atoms with E-state index < -0.39 is 0 Å². The van der Waals surface area contributed by atoms with Gasteiger partial charge in [-0.1, -0.05) is 6.08 Å². The topological polar surface area (TPSA) is 61.4 Å². The van der Waals surface area contributed by atoms with Gasteiger partial charge in [-0.05, 0) is 12.8 Å². The van der Waals surface area contributed by atoms with Crippen molar-refractivity contribution in [2.45, 2.75) is 12.8 Å². The summed E-state index contributed by atoms with van der Waals surface area (Å²) in [6, 6.07) is -0.140. The average molecular weight is 244 g/mol. The maximum absolute atomic E-state index is 11.3. The molecule has 0 aromatic rings. The lowest BCUT2D eigenvalue weighted by Gasteiger charge is -2.13. The van der Waals surface area contributed by atoms with Crippen LogP contribution in [0.5, 0.6) is 0 Å². The Balaban J connectivity index is 1.96. The first-order chi connectivity index (χ1) is 7.72. The number of rotatable bonds is 8. The molecule has 0 spiro atoms. The molecule has 0 heterocycles. The van der Waals surface area contributed by atoms with Gasteiger partial charge in [-0.3, -0.25) is 0 Å². The van der Waals surface area contributed by atoms with Crippen LogP contribution in [-0.2, 0) is 0 Å². The minimum atomic E-state index is -0.140. The van der Waals surface area contributed by atoms with Crippen LogP contribution in [0.4, 0.5) is 4.79 Å². The second kappa shape index (κ2) is 6.81.